The normalized spacial score (nSPS) is 11.1. The number of imidazole rings is 1. The number of aliphatic hydroxyl groups is 1. The summed E-state index contributed by atoms with van der Waals surface area (Å²) in [5.74, 6) is 1.83. The highest BCUT2D eigenvalue weighted by Crippen LogP contribution is 2.20. The molecule has 1 aromatic carbocycles. The molecule has 1 heterocycles. The minimum absolute atomic E-state index is 0.130. The number of benzene rings is 1. The topological polar surface area (TPSA) is 61.4 Å². The van der Waals surface area contributed by atoms with Crippen LogP contribution in [0.1, 0.15) is 30.4 Å². The molecule has 22 heavy (non-hydrogen) atoms. The zero-order valence-electron chi connectivity index (χ0n) is 13.4. The maximum Gasteiger partial charge on any atom is 0.123 e. The summed E-state index contributed by atoms with van der Waals surface area (Å²) in [5, 5.41) is 9.31. The van der Waals surface area contributed by atoms with Crippen LogP contribution >= 0.6 is 0 Å². The molecule has 0 spiro atoms. The summed E-state index contributed by atoms with van der Waals surface area (Å²) in [4.78, 5) is 9.64. The van der Waals surface area contributed by atoms with Gasteiger partial charge in [-0.1, -0.05) is 25.1 Å². The van der Waals surface area contributed by atoms with E-state index in [9.17, 15) is 5.11 Å². The Morgan fingerprint density at radius 3 is 2.77 bits per heavy atom. The number of aromatic nitrogens is 2. The second-order valence-electron chi connectivity index (χ2n) is 5.38. The van der Waals surface area contributed by atoms with Crippen molar-refractivity contribution in [2.24, 2.45) is 0 Å². The van der Waals surface area contributed by atoms with Crippen LogP contribution in [-0.4, -0.2) is 39.7 Å². The number of rotatable bonds is 9. The van der Waals surface area contributed by atoms with E-state index in [1.807, 2.05) is 31.3 Å². The van der Waals surface area contributed by atoms with Crippen LogP contribution < -0.4 is 4.74 Å². The zero-order chi connectivity index (χ0) is 15.8. The molecule has 0 atom stereocenters. The fraction of sp³-hybridized carbons (Fsp3) is 0.471. The lowest BCUT2D eigenvalue weighted by atomic mass is 10.2. The van der Waals surface area contributed by atoms with Gasteiger partial charge in [0.15, 0.2) is 0 Å². The van der Waals surface area contributed by atoms with Crippen LogP contribution in [0.15, 0.2) is 30.5 Å². The van der Waals surface area contributed by atoms with Crippen LogP contribution in [-0.2, 0) is 13.1 Å². The molecule has 2 rings (SSSR count). The van der Waals surface area contributed by atoms with Gasteiger partial charge in [-0.3, -0.25) is 4.90 Å². The number of H-pyrrole nitrogens is 1. The summed E-state index contributed by atoms with van der Waals surface area (Å²) in [6, 6.07) is 8.09. The van der Waals surface area contributed by atoms with Crippen molar-refractivity contribution in [3.05, 3.63) is 47.5 Å². The third kappa shape index (κ3) is 4.86. The van der Waals surface area contributed by atoms with Crippen LogP contribution in [0, 0.1) is 6.92 Å². The highest BCUT2D eigenvalue weighted by atomic mass is 16.5. The number of aryl methyl sites for hydroxylation is 1. The second kappa shape index (κ2) is 8.56. The number of hydrogen-bond donors (Lipinski definition) is 2. The third-order valence-electron chi connectivity index (χ3n) is 3.39. The minimum atomic E-state index is 0.130. The zero-order valence-corrected chi connectivity index (χ0v) is 13.4. The molecule has 2 aromatic rings. The molecule has 0 fully saturated rings. The lowest BCUT2D eigenvalue weighted by Gasteiger charge is -2.22. The average molecular weight is 303 g/mol. The number of ether oxygens (including phenoxy) is 1. The number of para-hydroxylation sites is 1. The quantitative estimate of drug-likeness (QED) is 0.747. The Labute approximate surface area is 132 Å². The molecule has 0 unspecified atom stereocenters. The van der Waals surface area contributed by atoms with E-state index in [-0.39, 0.29) is 6.61 Å². The van der Waals surface area contributed by atoms with E-state index in [0.29, 0.717) is 6.54 Å². The molecule has 5 nitrogen and oxygen atoms in total. The molecule has 0 amide bonds. The predicted molar refractivity (Wildman–Crippen MR) is 86.8 cm³/mol. The number of nitrogens with zero attached hydrogens (tertiary/aromatic N) is 2. The number of hydrogen-bond acceptors (Lipinski definition) is 4. The van der Waals surface area contributed by atoms with Gasteiger partial charge < -0.3 is 14.8 Å². The van der Waals surface area contributed by atoms with Gasteiger partial charge in [0.25, 0.3) is 0 Å². The van der Waals surface area contributed by atoms with E-state index >= 15 is 0 Å². The second-order valence-corrected chi connectivity index (χ2v) is 5.38. The van der Waals surface area contributed by atoms with Gasteiger partial charge in [0.2, 0.25) is 0 Å². The fourth-order valence-electron chi connectivity index (χ4n) is 2.38. The third-order valence-corrected chi connectivity index (χ3v) is 3.39. The smallest absolute Gasteiger partial charge is 0.123 e. The van der Waals surface area contributed by atoms with Crippen molar-refractivity contribution in [2.75, 3.05) is 19.8 Å². The minimum Gasteiger partial charge on any atom is -0.493 e. The fourth-order valence-corrected chi connectivity index (χ4v) is 2.38. The number of aliphatic hydroxyl groups excluding tert-OH is 1. The van der Waals surface area contributed by atoms with E-state index in [0.717, 1.165) is 48.9 Å². The summed E-state index contributed by atoms with van der Waals surface area (Å²) in [6.07, 6.45) is 2.83. The Bertz CT molecular complexity index is 569. The molecule has 1 aromatic heterocycles. The largest absolute Gasteiger partial charge is 0.493 e. The Hall–Kier alpha value is -1.85. The van der Waals surface area contributed by atoms with Crippen molar-refractivity contribution in [2.45, 2.75) is 33.4 Å². The van der Waals surface area contributed by atoms with E-state index in [4.69, 9.17) is 4.74 Å². The first-order valence-electron chi connectivity index (χ1n) is 7.77. The molecule has 0 aliphatic rings. The molecule has 0 aliphatic heterocycles. The van der Waals surface area contributed by atoms with Gasteiger partial charge in [0.1, 0.15) is 11.6 Å². The van der Waals surface area contributed by atoms with Crippen molar-refractivity contribution in [1.29, 1.82) is 0 Å². The molecule has 5 heteroatoms. The molecular weight excluding hydrogens is 278 g/mol. The van der Waals surface area contributed by atoms with Gasteiger partial charge in [-0.15, -0.1) is 0 Å². The van der Waals surface area contributed by atoms with Gasteiger partial charge in [0, 0.05) is 37.1 Å². The highest BCUT2D eigenvalue weighted by molar-refractivity contribution is 5.33. The number of aromatic amines is 1. The van der Waals surface area contributed by atoms with Crippen molar-refractivity contribution in [3.63, 3.8) is 0 Å². The molecule has 120 valence electrons. The highest BCUT2D eigenvalue weighted by Gasteiger charge is 2.11. The average Bonchev–Trinajstić information content (AvgIpc) is 2.92. The van der Waals surface area contributed by atoms with E-state index in [1.54, 1.807) is 0 Å². The summed E-state index contributed by atoms with van der Waals surface area (Å²) >= 11 is 0. The van der Waals surface area contributed by atoms with E-state index in [1.165, 1.54) is 0 Å². The summed E-state index contributed by atoms with van der Waals surface area (Å²) < 4.78 is 5.81. The SMILES string of the molecule is CCCOc1ccccc1CN(CCO)Cc1cnc(C)[nH]1. The van der Waals surface area contributed by atoms with Crippen LogP contribution in [0.3, 0.4) is 0 Å². The van der Waals surface area contributed by atoms with Crippen molar-refractivity contribution < 1.29 is 9.84 Å². The molecule has 0 radical (unpaired) electrons. The molecular formula is C17H25N3O2. The molecule has 0 saturated carbocycles. The summed E-state index contributed by atoms with van der Waals surface area (Å²) in [5.41, 5.74) is 2.19. The van der Waals surface area contributed by atoms with E-state index < -0.39 is 0 Å². The van der Waals surface area contributed by atoms with Crippen LogP contribution in [0.25, 0.3) is 0 Å². The summed E-state index contributed by atoms with van der Waals surface area (Å²) in [6.45, 7) is 6.96. The lowest BCUT2D eigenvalue weighted by molar-refractivity contribution is 0.180. The standard InChI is InChI=1S/C17H25N3O2/c1-3-10-22-17-7-5-4-6-15(17)12-20(8-9-21)13-16-11-18-14(2)19-16/h4-7,11,21H,3,8-10,12-13H2,1-2H3,(H,18,19). The van der Waals surface area contributed by atoms with Gasteiger partial charge in [-0.05, 0) is 19.4 Å². The van der Waals surface area contributed by atoms with Crippen molar-refractivity contribution in [3.8, 4) is 5.75 Å². The first kappa shape index (κ1) is 16.5. The Kier molecular flexibility index (Phi) is 6.43. The predicted octanol–water partition coefficient (Wildman–Crippen LogP) is 2.50. The Balaban J connectivity index is 2.06. The maximum atomic E-state index is 9.31. The molecule has 0 bridgehead atoms. The number of nitrogens with one attached hydrogen (secondary N) is 1. The van der Waals surface area contributed by atoms with Crippen LogP contribution in [0.4, 0.5) is 0 Å². The summed E-state index contributed by atoms with van der Waals surface area (Å²) in [7, 11) is 0. The first-order valence-corrected chi connectivity index (χ1v) is 7.77. The van der Waals surface area contributed by atoms with Gasteiger partial charge in [-0.2, -0.15) is 0 Å². The molecule has 0 aliphatic carbocycles. The van der Waals surface area contributed by atoms with Crippen molar-refractivity contribution in [1.82, 2.24) is 14.9 Å². The molecule has 2 N–H and O–H groups in total. The van der Waals surface area contributed by atoms with Gasteiger partial charge >= 0.3 is 0 Å². The Morgan fingerprint density at radius 2 is 2.09 bits per heavy atom. The van der Waals surface area contributed by atoms with Gasteiger partial charge in [-0.25, -0.2) is 4.98 Å². The van der Waals surface area contributed by atoms with Crippen LogP contribution in [0.5, 0.6) is 5.75 Å². The maximum absolute atomic E-state index is 9.31. The monoisotopic (exact) mass is 303 g/mol. The van der Waals surface area contributed by atoms with Gasteiger partial charge in [0.05, 0.1) is 13.2 Å². The van der Waals surface area contributed by atoms with E-state index in [2.05, 4.69) is 27.9 Å². The lowest BCUT2D eigenvalue weighted by Crippen LogP contribution is -2.26. The van der Waals surface area contributed by atoms with Crippen LogP contribution in [0.2, 0.25) is 0 Å². The Morgan fingerprint density at radius 1 is 1.27 bits per heavy atom. The molecule has 0 saturated heterocycles. The van der Waals surface area contributed by atoms with Crippen molar-refractivity contribution >= 4 is 0 Å². The first-order chi connectivity index (χ1) is 10.7.